The number of carbonyl (C=O) groups excluding carboxylic acids is 1. The molecule has 0 aromatic heterocycles. The standard InChI is InChI=1S/C63H109NO18/c1-3-5-7-9-11-13-15-17-18-19-20-21-22-23-24-25-26-27-28-29-31-33-35-37-39-41-51(69)64-46(47(68)40-38-36-34-32-30-16-14-12-10-8-6-4-2)45-77-61-57(75)54(72)59(49(43-66)79-61)82-63-58(76)55(73)60(50(44-67)80-63)81-62-56(74)53(71)52(70)48(42-65)78-62/h5,7,11,13,17-18,20-21,23-24,38,40,46-50,52-63,65-68,70-76H,3-4,6,8-10,12,14-16,19,22,25-37,39,41-45H2,1-2H3,(H,64,69)/b7-5-,13-11-,18-17-,21-20-,24-23-,40-38+. The maximum Gasteiger partial charge on any atom is 0.220 e. The third kappa shape index (κ3) is 28.6. The summed E-state index contributed by atoms with van der Waals surface area (Å²) in [6.45, 7) is 1.57. The lowest BCUT2D eigenvalue weighted by molar-refractivity contribution is -0.379. The molecule has 3 aliphatic rings. The molecule has 19 heteroatoms. The van der Waals surface area contributed by atoms with Crippen LogP contribution in [0.2, 0.25) is 0 Å². The Morgan fingerprint density at radius 3 is 1.32 bits per heavy atom. The molecule has 0 aromatic carbocycles. The second-order valence-electron chi connectivity index (χ2n) is 22.1. The number of aliphatic hydroxyl groups is 11. The number of hydrogen-bond donors (Lipinski definition) is 12. The molecule has 17 atom stereocenters. The van der Waals surface area contributed by atoms with Crippen molar-refractivity contribution in [3.63, 3.8) is 0 Å². The van der Waals surface area contributed by atoms with Crippen LogP contribution in [0, 0.1) is 0 Å². The van der Waals surface area contributed by atoms with Crippen molar-refractivity contribution in [1.29, 1.82) is 0 Å². The maximum atomic E-state index is 13.3. The Balaban J connectivity index is 1.45. The summed E-state index contributed by atoms with van der Waals surface area (Å²) in [4.78, 5) is 13.3. The number of hydrogen-bond acceptors (Lipinski definition) is 18. The summed E-state index contributed by atoms with van der Waals surface area (Å²) in [5.41, 5.74) is 0. The zero-order valence-electron chi connectivity index (χ0n) is 49.4. The molecule has 0 saturated carbocycles. The van der Waals surface area contributed by atoms with Gasteiger partial charge in [0.25, 0.3) is 0 Å². The van der Waals surface area contributed by atoms with Crippen LogP contribution in [0.3, 0.4) is 0 Å². The minimum atomic E-state index is -1.98. The van der Waals surface area contributed by atoms with E-state index in [1.165, 1.54) is 70.6 Å². The van der Waals surface area contributed by atoms with Crippen molar-refractivity contribution >= 4 is 5.91 Å². The third-order valence-corrected chi connectivity index (χ3v) is 15.3. The number of amides is 1. The van der Waals surface area contributed by atoms with Gasteiger partial charge in [0.2, 0.25) is 5.91 Å². The van der Waals surface area contributed by atoms with Gasteiger partial charge < -0.3 is 89.9 Å². The van der Waals surface area contributed by atoms with E-state index in [9.17, 15) is 61.0 Å². The first-order valence-electron chi connectivity index (χ1n) is 31.2. The van der Waals surface area contributed by atoms with Crippen LogP contribution in [0.1, 0.15) is 187 Å². The van der Waals surface area contributed by atoms with Gasteiger partial charge >= 0.3 is 0 Å². The average molecular weight is 1170 g/mol. The maximum absolute atomic E-state index is 13.3. The van der Waals surface area contributed by atoms with Gasteiger partial charge in [-0.25, -0.2) is 0 Å². The highest BCUT2D eigenvalue weighted by atomic mass is 16.8. The molecule has 3 aliphatic heterocycles. The topological polar surface area (TPSA) is 307 Å². The Hall–Kier alpha value is -2.77. The summed E-state index contributed by atoms with van der Waals surface area (Å²) >= 11 is 0. The number of nitrogens with one attached hydrogen (secondary N) is 1. The van der Waals surface area contributed by atoms with Crippen LogP contribution < -0.4 is 5.32 Å². The fraction of sp³-hybridized carbons (Fsp3) is 0.794. The molecular weight excluding hydrogens is 1060 g/mol. The minimum Gasteiger partial charge on any atom is -0.394 e. The van der Waals surface area contributed by atoms with E-state index in [0.29, 0.717) is 6.42 Å². The van der Waals surface area contributed by atoms with Crippen LogP contribution in [-0.2, 0) is 33.2 Å². The summed E-state index contributed by atoms with van der Waals surface area (Å²) in [6, 6.07) is -0.979. The lowest BCUT2D eigenvalue weighted by atomic mass is 9.96. The van der Waals surface area contributed by atoms with E-state index in [0.717, 1.165) is 89.9 Å². The predicted octanol–water partition coefficient (Wildman–Crippen LogP) is 6.21. The van der Waals surface area contributed by atoms with Crippen LogP contribution in [0.5, 0.6) is 0 Å². The molecule has 474 valence electrons. The van der Waals surface area contributed by atoms with E-state index < -0.39 is 124 Å². The first-order chi connectivity index (χ1) is 39.8. The van der Waals surface area contributed by atoms with Crippen molar-refractivity contribution in [2.45, 2.75) is 291 Å². The molecule has 0 spiro atoms. The lowest BCUT2D eigenvalue weighted by Gasteiger charge is -2.48. The van der Waals surface area contributed by atoms with Crippen molar-refractivity contribution in [2.75, 3.05) is 26.4 Å². The van der Waals surface area contributed by atoms with Crippen LogP contribution in [0.25, 0.3) is 0 Å². The molecule has 3 saturated heterocycles. The molecule has 3 fully saturated rings. The van der Waals surface area contributed by atoms with E-state index in [1.807, 2.05) is 6.08 Å². The van der Waals surface area contributed by atoms with Crippen molar-refractivity contribution < 1.29 is 89.4 Å². The van der Waals surface area contributed by atoms with E-state index in [-0.39, 0.29) is 18.9 Å². The molecule has 0 bridgehead atoms. The Morgan fingerprint density at radius 1 is 0.451 bits per heavy atom. The van der Waals surface area contributed by atoms with Gasteiger partial charge in [0, 0.05) is 6.42 Å². The van der Waals surface area contributed by atoms with Gasteiger partial charge in [-0.3, -0.25) is 4.79 Å². The van der Waals surface area contributed by atoms with E-state index >= 15 is 0 Å². The van der Waals surface area contributed by atoms with E-state index in [1.54, 1.807) is 6.08 Å². The number of carbonyl (C=O) groups is 1. The minimum absolute atomic E-state index is 0.232. The fourth-order valence-electron chi connectivity index (χ4n) is 10.2. The largest absolute Gasteiger partial charge is 0.394 e. The Bertz CT molecular complexity index is 1780. The van der Waals surface area contributed by atoms with Gasteiger partial charge in [-0.2, -0.15) is 0 Å². The SMILES string of the molecule is CC/C=C\C/C=C\C/C=C\C/C=C\C/C=C\CCCCCCCCCCCC(=O)NC(COC1OC(CO)C(OC2OC(CO)C(OC3OC(CO)C(O)C(O)C3O)C(O)C2O)C(O)C1O)C(O)/C=C/CCCCCCCCCCCC. The molecule has 0 aliphatic carbocycles. The van der Waals surface area contributed by atoms with Gasteiger partial charge in [0.05, 0.1) is 38.6 Å². The summed E-state index contributed by atoms with van der Waals surface area (Å²) in [5, 5.41) is 120. The summed E-state index contributed by atoms with van der Waals surface area (Å²) < 4.78 is 34.2. The van der Waals surface area contributed by atoms with Crippen molar-refractivity contribution in [2.24, 2.45) is 0 Å². The van der Waals surface area contributed by atoms with E-state index in [4.69, 9.17) is 28.4 Å². The molecule has 0 radical (unpaired) electrons. The van der Waals surface area contributed by atoms with Crippen LogP contribution >= 0.6 is 0 Å². The van der Waals surface area contributed by atoms with Crippen LogP contribution in [0.15, 0.2) is 72.9 Å². The number of ether oxygens (including phenoxy) is 6. The van der Waals surface area contributed by atoms with Gasteiger partial charge in [0.15, 0.2) is 18.9 Å². The zero-order valence-corrected chi connectivity index (χ0v) is 49.4. The van der Waals surface area contributed by atoms with Crippen molar-refractivity contribution in [3.05, 3.63) is 72.9 Å². The van der Waals surface area contributed by atoms with Crippen LogP contribution in [0.4, 0.5) is 0 Å². The summed E-state index contributed by atoms with van der Waals surface area (Å²) in [5.74, 6) is -0.287. The normalized spacial score (nSPS) is 30.1. The highest BCUT2D eigenvalue weighted by molar-refractivity contribution is 5.76. The lowest BCUT2D eigenvalue weighted by Crippen LogP contribution is -2.66. The molecule has 3 heterocycles. The Morgan fingerprint density at radius 2 is 0.841 bits per heavy atom. The quantitative estimate of drug-likeness (QED) is 0.0238. The van der Waals surface area contributed by atoms with Crippen LogP contribution in [-0.4, -0.2) is 193 Å². The van der Waals surface area contributed by atoms with E-state index in [2.05, 4.69) is 79.9 Å². The summed E-state index contributed by atoms with van der Waals surface area (Å²) in [7, 11) is 0. The predicted molar refractivity (Wildman–Crippen MR) is 314 cm³/mol. The third-order valence-electron chi connectivity index (χ3n) is 15.3. The summed E-state index contributed by atoms with van der Waals surface area (Å²) in [6.07, 6.45) is 27.4. The number of unbranched alkanes of at least 4 members (excludes halogenated alkanes) is 19. The highest BCUT2D eigenvalue weighted by Crippen LogP contribution is 2.33. The monoisotopic (exact) mass is 1170 g/mol. The van der Waals surface area contributed by atoms with Crippen molar-refractivity contribution in [3.8, 4) is 0 Å². The smallest absolute Gasteiger partial charge is 0.220 e. The first-order valence-corrected chi connectivity index (χ1v) is 31.2. The molecule has 82 heavy (non-hydrogen) atoms. The molecule has 0 aromatic rings. The first kappa shape index (κ1) is 73.5. The Labute approximate surface area is 489 Å². The molecule has 19 nitrogen and oxygen atoms in total. The van der Waals surface area contributed by atoms with Gasteiger partial charge in [-0.05, 0) is 64.2 Å². The van der Waals surface area contributed by atoms with Crippen molar-refractivity contribution in [1.82, 2.24) is 5.32 Å². The number of aliphatic hydroxyl groups excluding tert-OH is 11. The zero-order chi connectivity index (χ0) is 59.7. The molecule has 12 N–H and O–H groups in total. The molecule has 17 unspecified atom stereocenters. The average Bonchev–Trinajstić information content (AvgIpc) is 3.59. The molecule has 1 amide bonds. The highest BCUT2D eigenvalue weighted by Gasteiger charge is 2.53. The number of rotatable bonds is 45. The second kappa shape index (κ2) is 45.5. The van der Waals surface area contributed by atoms with Gasteiger partial charge in [-0.15, -0.1) is 0 Å². The fourth-order valence-corrected chi connectivity index (χ4v) is 10.2. The second-order valence-corrected chi connectivity index (χ2v) is 22.1. The van der Waals surface area contributed by atoms with Gasteiger partial charge in [0.1, 0.15) is 73.2 Å². The Kier molecular flexibility index (Phi) is 40.8. The molecule has 3 rings (SSSR count). The molecular formula is C63H109NO18. The van der Waals surface area contributed by atoms with Gasteiger partial charge in [-0.1, -0.05) is 189 Å². The number of allylic oxidation sites excluding steroid dienone is 11.